The molecule has 0 aliphatic rings. The van der Waals surface area contributed by atoms with Crippen LogP contribution in [0, 0.1) is 0 Å². The molecule has 2 rings (SSSR count). The minimum absolute atomic E-state index is 0.0244. The van der Waals surface area contributed by atoms with E-state index in [-0.39, 0.29) is 31.0 Å². The zero-order chi connectivity index (χ0) is 21.4. The van der Waals surface area contributed by atoms with Crippen molar-refractivity contribution >= 4 is 23.4 Å². The van der Waals surface area contributed by atoms with Gasteiger partial charge in [0.15, 0.2) is 6.61 Å². The maximum Gasteiger partial charge on any atom is 0.261 e. The molecule has 0 aliphatic carbocycles. The molecule has 29 heavy (non-hydrogen) atoms. The number of nitrogens with zero attached hydrogens (tertiary/aromatic N) is 1. The van der Waals surface area contributed by atoms with E-state index < -0.39 is 6.04 Å². The van der Waals surface area contributed by atoms with Crippen molar-refractivity contribution in [2.75, 3.05) is 13.7 Å². The summed E-state index contributed by atoms with van der Waals surface area (Å²) in [5.41, 5.74) is 0.833. The molecular formula is C22H27ClN2O4. The molecule has 1 unspecified atom stereocenters. The van der Waals surface area contributed by atoms with Crippen molar-refractivity contribution in [1.82, 2.24) is 10.2 Å². The van der Waals surface area contributed by atoms with Crippen molar-refractivity contribution in [3.05, 3.63) is 59.1 Å². The number of rotatable bonds is 9. The first-order chi connectivity index (χ1) is 13.8. The molecule has 1 N–H and O–H groups in total. The summed E-state index contributed by atoms with van der Waals surface area (Å²) < 4.78 is 10.7. The monoisotopic (exact) mass is 418 g/mol. The molecule has 0 aliphatic heterocycles. The van der Waals surface area contributed by atoms with Gasteiger partial charge in [-0.25, -0.2) is 0 Å². The van der Waals surface area contributed by atoms with E-state index >= 15 is 0 Å². The number of ether oxygens (including phenoxy) is 2. The van der Waals surface area contributed by atoms with Crippen molar-refractivity contribution in [2.24, 2.45) is 0 Å². The molecule has 0 bridgehead atoms. The fraction of sp³-hybridized carbons (Fsp3) is 0.364. The first-order valence-electron chi connectivity index (χ1n) is 9.41. The van der Waals surface area contributed by atoms with Gasteiger partial charge in [0.05, 0.1) is 7.11 Å². The van der Waals surface area contributed by atoms with E-state index in [0.717, 1.165) is 5.56 Å². The molecule has 156 valence electrons. The lowest BCUT2D eigenvalue weighted by Gasteiger charge is -2.29. The van der Waals surface area contributed by atoms with Crippen LogP contribution in [-0.2, 0) is 16.1 Å². The van der Waals surface area contributed by atoms with E-state index in [2.05, 4.69) is 5.32 Å². The number of halogens is 1. The molecule has 6 nitrogen and oxygen atoms in total. The molecule has 0 aromatic heterocycles. The summed E-state index contributed by atoms with van der Waals surface area (Å²) in [6.45, 7) is 5.51. The average Bonchev–Trinajstić information content (AvgIpc) is 2.69. The van der Waals surface area contributed by atoms with Gasteiger partial charge in [-0.3, -0.25) is 9.59 Å². The minimum Gasteiger partial charge on any atom is -0.497 e. The minimum atomic E-state index is -0.664. The van der Waals surface area contributed by atoms with Crippen LogP contribution in [0.4, 0.5) is 0 Å². The Kier molecular flexibility index (Phi) is 8.34. The third-order valence-electron chi connectivity index (χ3n) is 4.26. The molecule has 2 amide bonds. The average molecular weight is 419 g/mol. The van der Waals surface area contributed by atoms with E-state index in [1.165, 1.54) is 4.90 Å². The Morgan fingerprint density at radius 1 is 1.07 bits per heavy atom. The molecule has 0 spiro atoms. The van der Waals surface area contributed by atoms with Crippen LogP contribution in [0.1, 0.15) is 26.3 Å². The molecule has 0 radical (unpaired) electrons. The van der Waals surface area contributed by atoms with Crippen LogP contribution in [0.2, 0.25) is 5.02 Å². The zero-order valence-corrected chi connectivity index (χ0v) is 17.9. The topological polar surface area (TPSA) is 67.9 Å². The van der Waals surface area contributed by atoms with Crippen LogP contribution in [0.5, 0.6) is 11.5 Å². The Labute approximate surface area is 176 Å². The molecule has 2 aromatic rings. The largest absolute Gasteiger partial charge is 0.497 e. The maximum atomic E-state index is 12.9. The number of nitrogens with one attached hydrogen (secondary N) is 1. The van der Waals surface area contributed by atoms with Crippen molar-refractivity contribution in [1.29, 1.82) is 0 Å². The quantitative estimate of drug-likeness (QED) is 0.674. The summed E-state index contributed by atoms with van der Waals surface area (Å²) >= 11 is 6.07. The van der Waals surface area contributed by atoms with E-state index in [4.69, 9.17) is 21.1 Å². The normalized spacial score (nSPS) is 11.7. The van der Waals surface area contributed by atoms with E-state index in [9.17, 15) is 9.59 Å². The third kappa shape index (κ3) is 6.98. The van der Waals surface area contributed by atoms with E-state index in [1.807, 2.05) is 26.0 Å². The zero-order valence-electron chi connectivity index (χ0n) is 17.1. The lowest BCUT2D eigenvalue weighted by Crippen LogP contribution is -2.50. The Balaban J connectivity index is 2.13. The summed E-state index contributed by atoms with van der Waals surface area (Å²) in [6, 6.07) is 13.5. The molecular weight excluding hydrogens is 392 g/mol. The second-order valence-corrected chi connectivity index (χ2v) is 7.39. The highest BCUT2D eigenvalue weighted by molar-refractivity contribution is 6.30. The lowest BCUT2D eigenvalue weighted by molar-refractivity contribution is -0.142. The van der Waals surface area contributed by atoms with Crippen molar-refractivity contribution < 1.29 is 19.1 Å². The molecule has 7 heteroatoms. The van der Waals surface area contributed by atoms with Gasteiger partial charge in [-0.15, -0.1) is 0 Å². The van der Waals surface area contributed by atoms with Gasteiger partial charge < -0.3 is 19.7 Å². The second kappa shape index (κ2) is 10.7. The van der Waals surface area contributed by atoms with Crippen LogP contribution in [0.25, 0.3) is 0 Å². The summed E-state index contributed by atoms with van der Waals surface area (Å²) in [5.74, 6) is 0.721. The number of benzene rings is 2. The van der Waals surface area contributed by atoms with Gasteiger partial charge in [-0.05, 0) is 62.7 Å². The Hall–Kier alpha value is -2.73. The predicted octanol–water partition coefficient (Wildman–Crippen LogP) is 3.67. The Bertz CT molecular complexity index is 824. The smallest absolute Gasteiger partial charge is 0.261 e. The number of hydrogen-bond donors (Lipinski definition) is 1. The van der Waals surface area contributed by atoms with E-state index in [0.29, 0.717) is 16.5 Å². The van der Waals surface area contributed by atoms with Crippen molar-refractivity contribution in [3.8, 4) is 11.5 Å². The van der Waals surface area contributed by atoms with Crippen LogP contribution in [-0.4, -0.2) is 42.5 Å². The number of methoxy groups -OCH3 is 1. The highest BCUT2D eigenvalue weighted by Gasteiger charge is 2.27. The Morgan fingerprint density at radius 2 is 1.72 bits per heavy atom. The van der Waals surface area contributed by atoms with Crippen molar-refractivity contribution in [2.45, 2.75) is 39.4 Å². The van der Waals surface area contributed by atoms with Gasteiger partial charge in [0.2, 0.25) is 5.91 Å². The van der Waals surface area contributed by atoms with Gasteiger partial charge in [-0.2, -0.15) is 0 Å². The van der Waals surface area contributed by atoms with Crippen LogP contribution >= 0.6 is 11.6 Å². The van der Waals surface area contributed by atoms with E-state index in [1.54, 1.807) is 50.4 Å². The molecule has 0 fully saturated rings. The van der Waals surface area contributed by atoms with Crippen LogP contribution in [0.15, 0.2) is 48.5 Å². The summed E-state index contributed by atoms with van der Waals surface area (Å²) in [6.07, 6.45) is 0. The fourth-order valence-electron chi connectivity index (χ4n) is 2.72. The standard InChI is InChI=1S/C22H27ClN2O4/c1-15(2)24-22(27)16(3)25(13-17-6-5-7-18(23)12-17)21(26)14-29-20-10-8-19(28-4)9-11-20/h5-12,15-16H,13-14H2,1-4H3,(H,24,27). The number of amides is 2. The molecule has 0 saturated carbocycles. The van der Waals surface area contributed by atoms with Crippen molar-refractivity contribution in [3.63, 3.8) is 0 Å². The molecule has 0 heterocycles. The second-order valence-electron chi connectivity index (χ2n) is 6.96. The highest BCUT2D eigenvalue weighted by Crippen LogP contribution is 2.18. The Morgan fingerprint density at radius 3 is 2.31 bits per heavy atom. The van der Waals surface area contributed by atoms with Gasteiger partial charge >= 0.3 is 0 Å². The number of carbonyl (C=O) groups excluding carboxylic acids is 2. The van der Waals surface area contributed by atoms with Gasteiger partial charge in [0.1, 0.15) is 17.5 Å². The summed E-state index contributed by atoms with van der Waals surface area (Å²) in [4.78, 5) is 26.9. The summed E-state index contributed by atoms with van der Waals surface area (Å²) in [7, 11) is 1.58. The highest BCUT2D eigenvalue weighted by atomic mass is 35.5. The first kappa shape index (κ1) is 22.6. The maximum absolute atomic E-state index is 12.9. The van der Waals surface area contributed by atoms with Crippen LogP contribution < -0.4 is 14.8 Å². The van der Waals surface area contributed by atoms with Gasteiger partial charge in [0.25, 0.3) is 5.91 Å². The SMILES string of the molecule is COc1ccc(OCC(=O)N(Cc2cccc(Cl)c2)C(C)C(=O)NC(C)C)cc1. The molecule has 2 aromatic carbocycles. The van der Waals surface area contributed by atoms with Gasteiger partial charge in [0, 0.05) is 17.6 Å². The lowest BCUT2D eigenvalue weighted by atomic mass is 10.1. The number of carbonyl (C=O) groups is 2. The first-order valence-corrected chi connectivity index (χ1v) is 9.79. The fourth-order valence-corrected chi connectivity index (χ4v) is 2.93. The number of hydrogen-bond acceptors (Lipinski definition) is 4. The van der Waals surface area contributed by atoms with Gasteiger partial charge in [-0.1, -0.05) is 23.7 Å². The van der Waals surface area contributed by atoms with Crippen LogP contribution in [0.3, 0.4) is 0 Å². The molecule has 0 saturated heterocycles. The predicted molar refractivity (Wildman–Crippen MR) is 113 cm³/mol. The molecule has 1 atom stereocenters. The summed E-state index contributed by atoms with van der Waals surface area (Å²) in [5, 5.41) is 3.42. The third-order valence-corrected chi connectivity index (χ3v) is 4.50.